The summed E-state index contributed by atoms with van der Waals surface area (Å²) < 4.78 is 30.8. The Morgan fingerprint density at radius 1 is 1.15 bits per heavy atom. The maximum atomic E-state index is 13.0. The summed E-state index contributed by atoms with van der Waals surface area (Å²) in [6, 6.07) is 4.96. The Morgan fingerprint density at radius 2 is 1.92 bits per heavy atom. The molecule has 66 valence electrons. The Balaban J connectivity index is 2.95. The first-order valence-electron chi connectivity index (χ1n) is 3.56. The van der Waals surface area contributed by atoms with Crippen molar-refractivity contribution < 1.29 is 13.2 Å². The zero-order valence-electron chi connectivity index (χ0n) is 6.38. The molecule has 0 saturated heterocycles. The van der Waals surface area contributed by atoms with Crippen LogP contribution in [-0.4, -0.2) is 0 Å². The van der Waals surface area contributed by atoms with E-state index in [2.05, 4.69) is 0 Å². The second-order valence-electron chi connectivity index (χ2n) is 2.56. The molecular formula is C9H4F2OS. The lowest BCUT2D eigenvalue weighted by atomic mass is 10.2. The minimum absolute atomic E-state index is 0.00565. The summed E-state index contributed by atoms with van der Waals surface area (Å²) >= 11 is 4.70. The van der Waals surface area contributed by atoms with Crippen LogP contribution < -0.4 is 0 Å². The fourth-order valence-corrected chi connectivity index (χ4v) is 1.26. The zero-order chi connectivity index (χ0) is 9.42. The van der Waals surface area contributed by atoms with Crippen LogP contribution in [0, 0.1) is 16.3 Å². The van der Waals surface area contributed by atoms with E-state index in [0.29, 0.717) is 5.39 Å². The molecule has 2 aromatic rings. The quantitative estimate of drug-likeness (QED) is 0.601. The molecule has 4 heteroatoms. The summed E-state index contributed by atoms with van der Waals surface area (Å²) in [6.07, 6.45) is 0. The molecule has 1 nitrogen and oxygen atoms in total. The van der Waals surface area contributed by atoms with Crippen LogP contribution >= 0.6 is 12.2 Å². The van der Waals surface area contributed by atoms with Gasteiger partial charge in [-0.3, -0.25) is 0 Å². The maximum absolute atomic E-state index is 13.0. The van der Waals surface area contributed by atoms with E-state index in [-0.39, 0.29) is 10.3 Å². The second-order valence-corrected chi connectivity index (χ2v) is 2.96. The first-order chi connectivity index (χ1) is 6.16. The normalized spacial score (nSPS) is 10.6. The van der Waals surface area contributed by atoms with Gasteiger partial charge in [-0.25, -0.2) is 8.78 Å². The predicted molar refractivity (Wildman–Crippen MR) is 47.0 cm³/mol. The van der Waals surface area contributed by atoms with E-state index in [1.807, 2.05) is 0 Å². The van der Waals surface area contributed by atoms with Crippen LogP contribution in [0.1, 0.15) is 0 Å². The van der Waals surface area contributed by atoms with E-state index in [0.717, 1.165) is 6.07 Å². The topological polar surface area (TPSA) is 13.1 Å². The molecule has 0 N–H and O–H groups in total. The van der Waals surface area contributed by atoms with Crippen molar-refractivity contribution in [2.24, 2.45) is 0 Å². The highest BCUT2D eigenvalue weighted by Gasteiger charge is 2.05. The van der Waals surface area contributed by atoms with E-state index in [4.69, 9.17) is 16.6 Å². The van der Waals surface area contributed by atoms with Crippen LogP contribution in [0.4, 0.5) is 8.78 Å². The Bertz CT molecular complexity index is 518. The molecule has 0 fully saturated rings. The molecule has 0 radical (unpaired) electrons. The van der Waals surface area contributed by atoms with Crippen molar-refractivity contribution in [2.45, 2.75) is 0 Å². The van der Waals surface area contributed by atoms with Gasteiger partial charge in [0.15, 0.2) is 16.1 Å². The van der Waals surface area contributed by atoms with Crippen molar-refractivity contribution in [3.63, 3.8) is 0 Å². The Kier molecular flexibility index (Phi) is 1.84. The summed E-state index contributed by atoms with van der Waals surface area (Å²) in [7, 11) is 0. The van der Waals surface area contributed by atoms with Gasteiger partial charge >= 0.3 is 0 Å². The maximum Gasteiger partial charge on any atom is 0.190 e. The average molecular weight is 198 g/mol. The van der Waals surface area contributed by atoms with Gasteiger partial charge in [0.05, 0.1) is 0 Å². The van der Waals surface area contributed by atoms with Gasteiger partial charge < -0.3 is 4.42 Å². The summed E-state index contributed by atoms with van der Waals surface area (Å²) in [5.41, 5.74) is -0.00565. The van der Waals surface area contributed by atoms with E-state index in [1.165, 1.54) is 18.2 Å². The van der Waals surface area contributed by atoms with Crippen molar-refractivity contribution in [2.75, 3.05) is 0 Å². The summed E-state index contributed by atoms with van der Waals surface area (Å²) in [5.74, 6) is -1.36. The molecule has 1 heterocycles. The van der Waals surface area contributed by atoms with Gasteiger partial charge in [0.2, 0.25) is 0 Å². The monoisotopic (exact) mass is 198 g/mol. The largest absolute Gasteiger partial charge is 0.442 e. The smallest absolute Gasteiger partial charge is 0.190 e. The molecule has 0 amide bonds. The Hall–Kier alpha value is -1.29. The molecule has 0 aliphatic carbocycles. The predicted octanol–water partition coefficient (Wildman–Crippen LogP) is 3.44. The SMILES string of the molecule is Fc1cc(F)c2oc(=S)ccc2c1. The van der Waals surface area contributed by atoms with Crippen molar-refractivity contribution in [1.82, 2.24) is 0 Å². The van der Waals surface area contributed by atoms with Crippen LogP contribution in [0.25, 0.3) is 11.0 Å². The summed E-state index contributed by atoms with van der Waals surface area (Å²) in [6.45, 7) is 0. The Labute approximate surface area is 77.6 Å². The van der Waals surface area contributed by atoms with Crippen LogP contribution in [0.2, 0.25) is 0 Å². The van der Waals surface area contributed by atoms with Crippen molar-refractivity contribution in [3.8, 4) is 0 Å². The van der Waals surface area contributed by atoms with Gasteiger partial charge in [0.25, 0.3) is 0 Å². The van der Waals surface area contributed by atoms with Gasteiger partial charge in [0.1, 0.15) is 5.82 Å². The second kappa shape index (κ2) is 2.88. The number of hydrogen-bond donors (Lipinski definition) is 0. The van der Waals surface area contributed by atoms with Gasteiger partial charge in [-0.15, -0.1) is 0 Å². The molecule has 13 heavy (non-hydrogen) atoms. The molecule has 0 bridgehead atoms. The molecule has 0 spiro atoms. The van der Waals surface area contributed by atoms with E-state index >= 15 is 0 Å². The standard InChI is InChI=1S/C9H4F2OS/c10-6-3-5-1-2-8(13)12-9(5)7(11)4-6/h1-4H. The van der Waals surface area contributed by atoms with Crippen LogP contribution in [0.3, 0.4) is 0 Å². The lowest BCUT2D eigenvalue weighted by molar-refractivity contribution is 0.530. The lowest BCUT2D eigenvalue weighted by Crippen LogP contribution is -1.82. The van der Waals surface area contributed by atoms with E-state index < -0.39 is 11.6 Å². The number of benzene rings is 1. The third kappa shape index (κ3) is 1.45. The van der Waals surface area contributed by atoms with Gasteiger partial charge in [0, 0.05) is 11.5 Å². The molecule has 1 aromatic heterocycles. The van der Waals surface area contributed by atoms with Gasteiger partial charge in [-0.2, -0.15) is 0 Å². The van der Waals surface area contributed by atoms with Crippen LogP contribution in [-0.2, 0) is 0 Å². The highest BCUT2D eigenvalue weighted by atomic mass is 32.1. The third-order valence-corrected chi connectivity index (χ3v) is 1.86. The average Bonchev–Trinajstić information content (AvgIpc) is 2.06. The van der Waals surface area contributed by atoms with Crippen molar-refractivity contribution in [1.29, 1.82) is 0 Å². The molecule has 0 saturated carbocycles. The molecule has 2 rings (SSSR count). The van der Waals surface area contributed by atoms with E-state index in [1.54, 1.807) is 0 Å². The molecule has 0 atom stereocenters. The summed E-state index contributed by atoms with van der Waals surface area (Å²) in [4.78, 5) is 0. The highest BCUT2D eigenvalue weighted by molar-refractivity contribution is 7.71. The number of hydrogen-bond acceptors (Lipinski definition) is 2. The van der Waals surface area contributed by atoms with Crippen LogP contribution in [0.15, 0.2) is 28.7 Å². The van der Waals surface area contributed by atoms with Crippen molar-refractivity contribution >= 4 is 23.2 Å². The molecular weight excluding hydrogens is 194 g/mol. The first-order valence-corrected chi connectivity index (χ1v) is 3.96. The van der Waals surface area contributed by atoms with Gasteiger partial charge in [-0.05, 0) is 30.4 Å². The fourth-order valence-electron chi connectivity index (χ4n) is 1.10. The van der Waals surface area contributed by atoms with E-state index in [9.17, 15) is 8.78 Å². The first kappa shape index (κ1) is 8.31. The minimum atomic E-state index is -0.735. The number of fused-ring (bicyclic) bond motifs is 1. The van der Waals surface area contributed by atoms with Gasteiger partial charge in [-0.1, -0.05) is 0 Å². The minimum Gasteiger partial charge on any atom is -0.442 e. The lowest BCUT2D eigenvalue weighted by Gasteiger charge is -1.97. The third-order valence-electron chi connectivity index (χ3n) is 1.64. The highest BCUT2D eigenvalue weighted by Crippen LogP contribution is 2.19. The molecule has 1 aromatic carbocycles. The van der Waals surface area contributed by atoms with Crippen molar-refractivity contribution in [3.05, 3.63) is 40.6 Å². The number of rotatable bonds is 0. The molecule has 0 unspecified atom stereocenters. The number of halogens is 2. The summed E-state index contributed by atoms with van der Waals surface area (Å²) in [5, 5.41) is 0.367. The molecule has 0 aliphatic rings. The molecule has 0 aliphatic heterocycles. The zero-order valence-corrected chi connectivity index (χ0v) is 7.20. The van der Waals surface area contributed by atoms with Crippen LogP contribution in [0.5, 0.6) is 0 Å². The Morgan fingerprint density at radius 3 is 2.69 bits per heavy atom. The fraction of sp³-hybridized carbons (Fsp3) is 0.